The summed E-state index contributed by atoms with van der Waals surface area (Å²) in [5.41, 5.74) is 1.30. The van der Waals surface area contributed by atoms with Crippen molar-refractivity contribution in [2.75, 3.05) is 32.7 Å². The smallest absolute Gasteiger partial charge is 0.225 e. The Labute approximate surface area is 185 Å². The Morgan fingerprint density at radius 2 is 2.03 bits per heavy atom. The maximum atomic E-state index is 12.7. The number of likely N-dealkylation sites (tertiary alicyclic amines) is 2. The van der Waals surface area contributed by atoms with Gasteiger partial charge in [0.2, 0.25) is 5.91 Å². The van der Waals surface area contributed by atoms with Gasteiger partial charge in [0, 0.05) is 31.5 Å². The third-order valence-corrected chi connectivity index (χ3v) is 6.68. The van der Waals surface area contributed by atoms with Crippen molar-refractivity contribution in [3.05, 3.63) is 47.5 Å². The van der Waals surface area contributed by atoms with Crippen LogP contribution < -0.4 is 0 Å². The number of carbonyl (C=O) groups is 1. The van der Waals surface area contributed by atoms with Gasteiger partial charge in [0.25, 0.3) is 0 Å². The van der Waals surface area contributed by atoms with Crippen LogP contribution >= 0.6 is 12.4 Å². The van der Waals surface area contributed by atoms with Crippen LogP contribution in [0, 0.1) is 18.8 Å². The lowest BCUT2D eigenvalue weighted by Gasteiger charge is -2.41. The molecule has 4 rings (SSSR count). The van der Waals surface area contributed by atoms with Crippen molar-refractivity contribution in [3.63, 3.8) is 0 Å². The van der Waals surface area contributed by atoms with E-state index in [0.29, 0.717) is 5.92 Å². The number of hydrogen-bond donors (Lipinski definition) is 1. The second kappa shape index (κ2) is 9.48. The molecule has 3 heterocycles. The minimum atomic E-state index is -0.106. The first-order valence-corrected chi connectivity index (χ1v) is 10.9. The first kappa shape index (κ1) is 22.8. The molecule has 2 fully saturated rings. The molecule has 2 aliphatic heterocycles. The summed E-state index contributed by atoms with van der Waals surface area (Å²) >= 11 is 0. The van der Waals surface area contributed by atoms with E-state index in [2.05, 4.69) is 50.3 Å². The quantitative estimate of drug-likeness (QED) is 0.762. The van der Waals surface area contributed by atoms with E-state index in [1.54, 1.807) is 0 Å². The normalized spacial score (nSPS) is 24.0. The molecule has 2 atom stereocenters. The lowest BCUT2D eigenvalue weighted by Crippen LogP contribution is -2.50. The van der Waals surface area contributed by atoms with Crippen LogP contribution in [0.5, 0.6) is 0 Å². The zero-order valence-corrected chi connectivity index (χ0v) is 19.1. The fraction of sp³-hybridized carbons (Fsp3) is 0.609. The van der Waals surface area contributed by atoms with Crippen LogP contribution in [0.3, 0.4) is 0 Å². The Balaban J connectivity index is 0.00000256. The van der Waals surface area contributed by atoms with Crippen LogP contribution in [0.1, 0.15) is 43.9 Å². The average Bonchev–Trinajstić information content (AvgIpc) is 3.32. The number of aryl methyl sites for hydroxylation is 2. The molecule has 0 spiro atoms. The number of benzene rings is 1. The summed E-state index contributed by atoms with van der Waals surface area (Å²) in [6.45, 7) is 10.7. The number of carbonyl (C=O) groups excluding carboxylic acids is 1. The minimum absolute atomic E-state index is 0. The standard InChI is InChI=1S/C23H33N5O.ClH/c1-17(2)21(29)28-15-20-14-27(12-7-10-19-8-5-4-6-9-19)13-11-23(20,16-28)22-24-18(3)25-26-22;/h4-6,8-9,17,20H,7,10-16H2,1-3H3,(H,24,25,26);1H/t20-,23-;/m1./s1. The zero-order valence-electron chi connectivity index (χ0n) is 18.3. The number of H-pyrrole nitrogens is 1. The van der Waals surface area contributed by atoms with Crippen LogP contribution in [-0.4, -0.2) is 63.6 Å². The van der Waals surface area contributed by atoms with Gasteiger partial charge in [-0.15, -0.1) is 12.4 Å². The van der Waals surface area contributed by atoms with E-state index >= 15 is 0 Å². The summed E-state index contributed by atoms with van der Waals surface area (Å²) < 4.78 is 0. The van der Waals surface area contributed by atoms with Gasteiger partial charge in [-0.2, -0.15) is 5.10 Å². The van der Waals surface area contributed by atoms with Gasteiger partial charge in [0.1, 0.15) is 5.82 Å². The molecule has 2 saturated heterocycles. The number of piperidine rings is 1. The van der Waals surface area contributed by atoms with Gasteiger partial charge in [-0.1, -0.05) is 44.2 Å². The van der Waals surface area contributed by atoms with Crippen LogP contribution in [0.4, 0.5) is 0 Å². The summed E-state index contributed by atoms with van der Waals surface area (Å²) in [5, 5.41) is 7.57. The molecule has 1 aromatic heterocycles. The Bertz CT molecular complexity index is 839. The molecule has 2 aromatic rings. The Kier molecular flexibility index (Phi) is 7.19. The molecule has 30 heavy (non-hydrogen) atoms. The fourth-order valence-electron chi connectivity index (χ4n) is 5.07. The van der Waals surface area contributed by atoms with E-state index in [1.165, 1.54) is 5.56 Å². The van der Waals surface area contributed by atoms with Gasteiger partial charge in [-0.25, -0.2) is 4.98 Å². The summed E-state index contributed by atoms with van der Waals surface area (Å²) in [7, 11) is 0. The van der Waals surface area contributed by atoms with Gasteiger partial charge in [-0.3, -0.25) is 9.89 Å². The van der Waals surface area contributed by atoms with E-state index in [4.69, 9.17) is 4.98 Å². The average molecular weight is 432 g/mol. The second-order valence-corrected chi connectivity index (χ2v) is 9.11. The van der Waals surface area contributed by atoms with E-state index in [-0.39, 0.29) is 29.6 Å². The highest BCUT2D eigenvalue weighted by Gasteiger charge is 2.53. The highest BCUT2D eigenvalue weighted by Crippen LogP contribution is 2.44. The molecule has 7 heteroatoms. The highest BCUT2D eigenvalue weighted by molar-refractivity contribution is 5.85. The van der Waals surface area contributed by atoms with Gasteiger partial charge in [-0.05, 0) is 44.8 Å². The predicted molar refractivity (Wildman–Crippen MR) is 121 cm³/mol. The van der Waals surface area contributed by atoms with Crippen LogP contribution in [0.2, 0.25) is 0 Å². The Hall–Kier alpha value is -1.92. The van der Waals surface area contributed by atoms with E-state index in [0.717, 1.165) is 63.6 Å². The molecule has 164 valence electrons. The van der Waals surface area contributed by atoms with Crippen LogP contribution in [0.25, 0.3) is 0 Å². The topological polar surface area (TPSA) is 65.1 Å². The van der Waals surface area contributed by atoms with E-state index in [9.17, 15) is 4.79 Å². The molecule has 1 amide bonds. The first-order chi connectivity index (χ1) is 14.0. The lowest BCUT2D eigenvalue weighted by molar-refractivity contribution is -0.133. The number of nitrogens with zero attached hydrogens (tertiary/aromatic N) is 4. The van der Waals surface area contributed by atoms with Crippen LogP contribution in [-0.2, 0) is 16.6 Å². The minimum Gasteiger partial charge on any atom is -0.341 e. The third-order valence-electron chi connectivity index (χ3n) is 6.68. The van der Waals surface area contributed by atoms with Gasteiger partial charge in [0.05, 0.1) is 5.41 Å². The SMILES string of the molecule is Cc1nc([C@@]23CCN(CCCc4ccccc4)C[C@@H]2CN(C(=O)C(C)C)C3)n[nH]1.Cl. The number of hydrogen-bond acceptors (Lipinski definition) is 4. The van der Waals surface area contributed by atoms with Crippen molar-refractivity contribution in [2.45, 2.75) is 45.4 Å². The van der Waals surface area contributed by atoms with Crippen molar-refractivity contribution in [2.24, 2.45) is 11.8 Å². The predicted octanol–water partition coefficient (Wildman–Crippen LogP) is 3.23. The maximum absolute atomic E-state index is 12.7. The zero-order chi connectivity index (χ0) is 20.4. The maximum Gasteiger partial charge on any atom is 0.225 e. The number of rotatable bonds is 6. The van der Waals surface area contributed by atoms with Crippen molar-refractivity contribution < 1.29 is 4.79 Å². The van der Waals surface area contributed by atoms with Crippen molar-refractivity contribution >= 4 is 18.3 Å². The van der Waals surface area contributed by atoms with E-state index in [1.807, 2.05) is 20.8 Å². The molecule has 0 saturated carbocycles. The number of aromatic nitrogens is 3. The molecular weight excluding hydrogens is 398 g/mol. The second-order valence-electron chi connectivity index (χ2n) is 9.11. The molecule has 0 bridgehead atoms. The Morgan fingerprint density at radius 3 is 2.70 bits per heavy atom. The van der Waals surface area contributed by atoms with Crippen molar-refractivity contribution in [1.29, 1.82) is 0 Å². The molecule has 2 aliphatic rings. The summed E-state index contributed by atoms with van der Waals surface area (Å²) in [6, 6.07) is 10.7. The van der Waals surface area contributed by atoms with Crippen molar-refractivity contribution in [1.82, 2.24) is 25.0 Å². The number of nitrogens with one attached hydrogen (secondary N) is 1. The number of aromatic amines is 1. The lowest BCUT2D eigenvalue weighted by atomic mass is 9.72. The monoisotopic (exact) mass is 431 g/mol. The summed E-state index contributed by atoms with van der Waals surface area (Å²) in [6.07, 6.45) is 3.30. The van der Waals surface area contributed by atoms with E-state index < -0.39 is 0 Å². The van der Waals surface area contributed by atoms with Gasteiger partial charge in [0.15, 0.2) is 5.82 Å². The molecule has 1 N–H and O–H groups in total. The first-order valence-electron chi connectivity index (χ1n) is 10.9. The molecular formula is C23H34ClN5O. The highest BCUT2D eigenvalue weighted by atomic mass is 35.5. The number of halogens is 1. The van der Waals surface area contributed by atoms with Gasteiger partial charge < -0.3 is 9.80 Å². The third kappa shape index (κ3) is 4.54. The largest absolute Gasteiger partial charge is 0.341 e. The molecule has 1 aromatic carbocycles. The Morgan fingerprint density at radius 1 is 1.27 bits per heavy atom. The summed E-state index contributed by atoms with van der Waals surface area (Å²) in [4.78, 5) is 22.1. The number of amides is 1. The fourth-order valence-corrected chi connectivity index (χ4v) is 5.07. The van der Waals surface area contributed by atoms with Crippen LogP contribution in [0.15, 0.2) is 30.3 Å². The van der Waals surface area contributed by atoms with Gasteiger partial charge >= 0.3 is 0 Å². The number of fused-ring (bicyclic) bond motifs is 1. The molecule has 0 unspecified atom stereocenters. The molecule has 6 nitrogen and oxygen atoms in total. The van der Waals surface area contributed by atoms with Crippen molar-refractivity contribution in [3.8, 4) is 0 Å². The summed E-state index contributed by atoms with van der Waals surface area (Å²) in [5.74, 6) is 2.44. The molecule has 0 aliphatic carbocycles. The molecule has 0 radical (unpaired) electrons.